The second-order valence-corrected chi connectivity index (χ2v) is 11.2. The van der Waals surface area contributed by atoms with Gasteiger partial charge in [0, 0.05) is 13.1 Å². The lowest BCUT2D eigenvalue weighted by Gasteiger charge is -2.27. The van der Waals surface area contributed by atoms with Gasteiger partial charge in [-0.1, -0.05) is 57.0 Å². The molecule has 9 heteroatoms. The van der Waals surface area contributed by atoms with E-state index in [-0.39, 0.29) is 29.4 Å². The molecule has 3 amide bonds. The van der Waals surface area contributed by atoms with Crippen LogP contribution in [0.5, 0.6) is 11.5 Å². The predicted molar refractivity (Wildman–Crippen MR) is 153 cm³/mol. The van der Waals surface area contributed by atoms with Gasteiger partial charge in [0.2, 0.25) is 17.7 Å². The third kappa shape index (κ3) is 8.71. The maximum absolute atomic E-state index is 13.5. The Kier molecular flexibility index (Phi) is 10.4. The van der Waals surface area contributed by atoms with E-state index in [1.54, 1.807) is 24.3 Å². The molecule has 2 aromatic carbocycles. The van der Waals surface area contributed by atoms with Crippen molar-refractivity contribution in [2.45, 2.75) is 70.5 Å². The molecule has 5 N–H and O–H groups in total. The highest BCUT2D eigenvalue weighted by Crippen LogP contribution is 2.33. The Balaban J connectivity index is 1.55. The molecule has 0 saturated heterocycles. The summed E-state index contributed by atoms with van der Waals surface area (Å²) in [6, 6.07) is 12.5. The van der Waals surface area contributed by atoms with Gasteiger partial charge in [0.1, 0.15) is 30.2 Å². The number of fused-ring (bicyclic) bond motifs is 1. The molecule has 0 spiro atoms. The van der Waals surface area contributed by atoms with Crippen LogP contribution in [-0.2, 0) is 27.2 Å². The summed E-state index contributed by atoms with van der Waals surface area (Å²) in [5.41, 5.74) is 1.92. The lowest BCUT2D eigenvalue weighted by Crippen LogP contribution is -2.58. The van der Waals surface area contributed by atoms with E-state index in [0.717, 1.165) is 42.6 Å². The molecule has 9 nitrogen and oxygen atoms in total. The normalized spacial score (nSPS) is 23.6. The second-order valence-electron chi connectivity index (χ2n) is 11.2. The summed E-state index contributed by atoms with van der Waals surface area (Å²) < 4.78 is 6.07. The van der Waals surface area contributed by atoms with Gasteiger partial charge in [-0.25, -0.2) is 0 Å². The quantitative estimate of drug-likeness (QED) is 0.389. The molecule has 2 aliphatic rings. The standard InChI is InChI=1S/C31H42N4O5/c1-20(2)28-31(39)34-26(19-21-9-10-21)29(37)33-15-5-7-23-6-3-4-8-27(23)40-17-16-32-25(30(38)35-28)18-22-11-13-24(36)14-12-22/h3-4,6,8,11-14,20-21,25-26,28,32,36H,5,7,9-10,15-19H2,1-2H3,(H,33,37)(H,34,39)(H,35,38)/t25-,26?,28-/m1/s1. The summed E-state index contributed by atoms with van der Waals surface area (Å²) in [7, 11) is 0. The van der Waals surface area contributed by atoms with Crippen molar-refractivity contribution < 1.29 is 24.2 Å². The number of ether oxygens (including phenoxy) is 1. The summed E-state index contributed by atoms with van der Waals surface area (Å²) in [5.74, 6) is 0.329. The first-order chi connectivity index (χ1) is 19.3. The van der Waals surface area contributed by atoms with Crippen molar-refractivity contribution >= 4 is 17.7 Å². The largest absolute Gasteiger partial charge is 0.508 e. The van der Waals surface area contributed by atoms with Crippen LogP contribution in [0.2, 0.25) is 0 Å². The van der Waals surface area contributed by atoms with Crippen LogP contribution in [0.1, 0.15) is 50.7 Å². The van der Waals surface area contributed by atoms with Crippen molar-refractivity contribution in [1.29, 1.82) is 0 Å². The van der Waals surface area contributed by atoms with E-state index in [0.29, 0.717) is 38.5 Å². The first-order valence-corrected chi connectivity index (χ1v) is 14.4. The Hall–Kier alpha value is -3.59. The molecule has 4 rings (SSSR count). The van der Waals surface area contributed by atoms with Crippen LogP contribution >= 0.6 is 0 Å². The molecule has 1 heterocycles. The summed E-state index contributed by atoms with van der Waals surface area (Å²) in [5, 5.41) is 21.9. The van der Waals surface area contributed by atoms with Gasteiger partial charge in [-0.15, -0.1) is 0 Å². The number of phenolic OH excluding ortho intramolecular Hbond substituents is 1. The number of aryl methyl sites for hydroxylation is 1. The van der Waals surface area contributed by atoms with Gasteiger partial charge < -0.3 is 31.1 Å². The van der Waals surface area contributed by atoms with Crippen molar-refractivity contribution in [3.63, 3.8) is 0 Å². The Labute approximate surface area is 236 Å². The van der Waals surface area contributed by atoms with Crippen LogP contribution in [0.15, 0.2) is 48.5 Å². The number of nitrogens with one attached hydrogen (secondary N) is 4. The summed E-state index contributed by atoms with van der Waals surface area (Å²) in [4.78, 5) is 40.1. The van der Waals surface area contributed by atoms with Gasteiger partial charge in [-0.3, -0.25) is 14.4 Å². The van der Waals surface area contributed by atoms with E-state index >= 15 is 0 Å². The fraction of sp³-hybridized carbons (Fsp3) is 0.516. The summed E-state index contributed by atoms with van der Waals surface area (Å²) in [6.45, 7) is 5.02. The van der Waals surface area contributed by atoms with E-state index in [1.807, 2.05) is 38.1 Å². The van der Waals surface area contributed by atoms with Gasteiger partial charge in [0.25, 0.3) is 0 Å². The molecule has 0 aromatic heterocycles. The number of aromatic hydroxyl groups is 1. The topological polar surface area (TPSA) is 129 Å². The molecule has 216 valence electrons. The molecule has 40 heavy (non-hydrogen) atoms. The zero-order chi connectivity index (χ0) is 28.5. The summed E-state index contributed by atoms with van der Waals surface area (Å²) >= 11 is 0. The molecule has 0 bridgehead atoms. The van der Waals surface area contributed by atoms with E-state index in [4.69, 9.17) is 4.74 Å². The number of hydrogen-bond acceptors (Lipinski definition) is 6. The van der Waals surface area contributed by atoms with Gasteiger partial charge in [-0.05, 0) is 66.8 Å². The van der Waals surface area contributed by atoms with Crippen LogP contribution in [-0.4, -0.2) is 60.6 Å². The van der Waals surface area contributed by atoms with Crippen LogP contribution in [0.25, 0.3) is 0 Å². The first kappa shape index (κ1) is 29.4. The highest BCUT2D eigenvalue weighted by Gasteiger charge is 2.34. The minimum Gasteiger partial charge on any atom is -0.508 e. The van der Waals surface area contributed by atoms with Gasteiger partial charge in [-0.2, -0.15) is 0 Å². The van der Waals surface area contributed by atoms with Crippen LogP contribution in [0.4, 0.5) is 0 Å². The molecule has 0 radical (unpaired) electrons. The fourth-order valence-electron chi connectivity index (χ4n) is 4.95. The van der Waals surface area contributed by atoms with E-state index in [2.05, 4.69) is 21.3 Å². The van der Waals surface area contributed by atoms with Crippen molar-refractivity contribution in [1.82, 2.24) is 21.3 Å². The van der Waals surface area contributed by atoms with Crippen molar-refractivity contribution in [3.8, 4) is 11.5 Å². The lowest BCUT2D eigenvalue weighted by atomic mass is 10.00. The Morgan fingerprint density at radius 1 is 0.900 bits per heavy atom. The van der Waals surface area contributed by atoms with Crippen LogP contribution in [0.3, 0.4) is 0 Å². The highest BCUT2D eigenvalue weighted by molar-refractivity contribution is 5.93. The molecule has 1 aliphatic heterocycles. The zero-order valence-electron chi connectivity index (χ0n) is 23.4. The molecule has 3 atom stereocenters. The van der Waals surface area contributed by atoms with Gasteiger partial charge in [0.05, 0.1) is 6.04 Å². The number of rotatable bonds is 5. The smallest absolute Gasteiger partial charge is 0.243 e. The Bertz CT molecular complexity index is 1150. The number of para-hydroxylation sites is 1. The van der Waals surface area contributed by atoms with E-state index in [1.165, 1.54) is 0 Å². The molecule has 1 aliphatic carbocycles. The van der Waals surface area contributed by atoms with E-state index in [9.17, 15) is 19.5 Å². The zero-order valence-corrected chi connectivity index (χ0v) is 23.4. The number of hydrogen-bond donors (Lipinski definition) is 5. The monoisotopic (exact) mass is 550 g/mol. The molecule has 1 fully saturated rings. The van der Waals surface area contributed by atoms with Gasteiger partial charge in [0.15, 0.2) is 0 Å². The third-order valence-electron chi connectivity index (χ3n) is 7.48. The maximum atomic E-state index is 13.5. The highest BCUT2D eigenvalue weighted by atomic mass is 16.5. The number of benzene rings is 2. The fourth-order valence-corrected chi connectivity index (χ4v) is 4.95. The van der Waals surface area contributed by atoms with Gasteiger partial charge >= 0.3 is 0 Å². The molecule has 1 saturated carbocycles. The first-order valence-electron chi connectivity index (χ1n) is 14.4. The van der Waals surface area contributed by atoms with Crippen molar-refractivity contribution in [2.75, 3.05) is 19.7 Å². The lowest BCUT2D eigenvalue weighted by molar-refractivity contribution is -0.133. The van der Waals surface area contributed by atoms with E-state index < -0.39 is 18.1 Å². The Morgan fingerprint density at radius 2 is 1.65 bits per heavy atom. The minimum atomic E-state index is -0.798. The molecular formula is C31H42N4O5. The van der Waals surface area contributed by atoms with Crippen LogP contribution < -0.4 is 26.0 Å². The second kappa shape index (κ2) is 14.2. The Morgan fingerprint density at radius 3 is 2.38 bits per heavy atom. The number of phenols is 1. The maximum Gasteiger partial charge on any atom is 0.243 e. The summed E-state index contributed by atoms with van der Waals surface area (Å²) in [6.07, 6.45) is 4.56. The SMILES string of the molecule is CC(C)[C@H]1NC(=O)[C@@H](Cc2ccc(O)cc2)NCCOc2ccccc2CCCNC(=O)C(CC2CC2)NC1=O. The number of carbonyl (C=O) groups excluding carboxylic acids is 3. The number of amides is 3. The predicted octanol–water partition coefficient (Wildman–Crippen LogP) is 2.46. The molecular weight excluding hydrogens is 508 g/mol. The average Bonchev–Trinajstić information content (AvgIpc) is 3.76. The average molecular weight is 551 g/mol. The van der Waals surface area contributed by atoms with Crippen molar-refractivity contribution in [2.24, 2.45) is 11.8 Å². The van der Waals surface area contributed by atoms with Crippen LogP contribution in [0, 0.1) is 11.8 Å². The minimum absolute atomic E-state index is 0.152. The van der Waals surface area contributed by atoms with Crippen molar-refractivity contribution in [3.05, 3.63) is 59.7 Å². The molecule has 1 unspecified atom stereocenters. The molecule has 2 aromatic rings. The third-order valence-corrected chi connectivity index (χ3v) is 7.48. The number of carbonyl (C=O) groups is 3.